The standard InChI is InChI=1S/C13H16IN3/c1-9-4-5-11(8-12(9)14)16-10(2)13-6-7-15-17(13)3/h4-8,10,16H,1-3H3. The fourth-order valence-electron chi connectivity index (χ4n) is 1.82. The molecule has 1 aromatic heterocycles. The van der Waals surface area contributed by atoms with Gasteiger partial charge in [0.05, 0.1) is 11.7 Å². The first-order valence-corrected chi connectivity index (χ1v) is 6.66. The smallest absolute Gasteiger partial charge is 0.0653 e. The molecule has 0 bridgehead atoms. The van der Waals surface area contributed by atoms with E-state index in [-0.39, 0.29) is 6.04 Å². The lowest BCUT2D eigenvalue weighted by Crippen LogP contribution is -2.11. The summed E-state index contributed by atoms with van der Waals surface area (Å²) in [4.78, 5) is 0. The summed E-state index contributed by atoms with van der Waals surface area (Å²) in [5.41, 5.74) is 3.64. The summed E-state index contributed by atoms with van der Waals surface area (Å²) < 4.78 is 3.18. The lowest BCUT2D eigenvalue weighted by atomic mass is 10.2. The zero-order valence-corrected chi connectivity index (χ0v) is 12.4. The molecule has 17 heavy (non-hydrogen) atoms. The first-order valence-electron chi connectivity index (χ1n) is 5.58. The minimum atomic E-state index is 0.251. The van der Waals surface area contributed by atoms with Crippen molar-refractivity contribution in [3.8, 4) is 0 Å². The maximum absolute atomic E-state index is 4.19. The Morgan fingerprint density at radius 1 is 1.35 bits per heavy atom. The Morgan fingerprint density at radius 2 is 2.12 bits per heavy atom. The van der Waals surface area contributed by atoms with Crippen molar-refractivity contribution in [2.24, 2.45) is 7.05 Å². The van der Waals surface area contributed by atoms with E-state index in [4.69, 9.17) is 0 Å². The van der Waals surface area contributed by atoms with Crippen molar-refractivity contribution in [1.29, 1.82) is 0 Å². The second kappa shape index (κ2) is 5.08. The van der Waals surface area contributed by atoms with Gasteiger partial charge in [-0.05, 0) is 60.2 Å². The highest BCUT2D eigenvalue weighted by molar-refractivity contribution is 14.1. The van der Waals surface area contributed by atoms with Crippen LogP contribution in [0.4, 0.5) is 5.69 Å². The van der Waals surface area contributed by atoms with Gasteiger partial charge in [0.2, 0.25) is 0 Å². The van der Waals surface area contributed by atoms with Crippen molar-refractivity contribution in [3.63, 3.8) is 0 Å². The van der Waals surface area contributed by atoms with E-state index in [1.807, 2.05) is 24.0 Å². The SMILES string of the molecule is Cc1ccc(NC(C)c2ccnn2C)cc1I. The van der Waals surface area contributed by atoms with Crippen molar-refractivity contribution in [1.82, 2.24) is 9.78 Å². The molecule has 1 heterocycles. The molecule has 90 valence electrons. The third-order valence-electron chi connectivity index (χ3n) is 2.86. The molecule has 0 amide bonds. The van der Waals surface area contributed by atoms with Crippen LogP contribution in [0.3, 0.4) is 0 Å². The van der Waals surface area contributed by atoms with Crippen molar-refractivity contribution in [2.45, 2.75) is 19.9 Å². The van der Waals surface area contributed by atoms with Gasteiger partial charge in [0.1, 0.15) is 0 Å². The first kappa shape index (κ1) is 12.4. The number of aromatic nitrogens is 2. The molecule has 1 unspecified atom stereocenters. The number of anilines is 1. The Bertz CT molecular complexity index is 519. The molecule has 0 fully saturated rings. The highest BCUT2D eigenvalue weighted by Gasteiger charge is 2.09. The van der Waals surface area contributed by atoms with Gasteiger partial charge in [0.25, 0.3) is 0 Å². The Balaban J connectivity index is 2.16. The summed E-state index contributed by atoms with van der Waals surface area (Å²) in [6.45, 7) is 4.26. The number of halogens is 1. The molecule has 0 radical (unpaired) electrons. The van der Waals surface area contributed by atoms with E-state index in [2.05, 4.69) is 65.1 Å². The average molecular weight is 341 g/mol. The van der Waals surface area contributed by atoms with Gasteiger partial charge < -0.3 is 5.32 Å². The van der Waals surface area contributed by atoms with E-state index in [0.29, 0.717) is 0 Å². The highest BCUT2D eigenvalue weighted by atomic mass is 127. The van der Waals surface area contributed by atoms with Crippen molar-refractivity contribution in [3.05, 3.63) is 45.3 Å². The Labute approximate surface area is 115 Å². The minimum absolute atomic E-state index is 0.251. The number of hydrogen-bond donors (Lipinski definition) is 1. The average Bonchev–Trinajstić information content (AvgIpc) is 2.70. The van der Waals surface area contributed by atoms with Crippen LogP contribution in [-0.2, 0) is 7.05 Å². The molecule has 3 nitrogen and oxygen atoms in total. The molecule has 2 aromatic rings. The largest absolute Gasteiger partial charge is 0.377 e. The van der Waals surface area contributed by atoms with Gasteiger partial charge in [0, 0.05) is 22.5 Å². The van der Waals surface area contributed by atoms with Gasteiger partial charge >= 0.3 is 0 Å². The Kier molecular flexibility index (Phi) is 3.71. The molecule has 1 aromatic carbocycles. The molecule has 0 saturated carbocycles. The zero-order valence-electron chi connectivity index (χ0n) is 10.2. The Morgan fingerprint density at radius 3 is 2.71 bits per heavy atom. The summed E-state index contributed by atoms with van der Waals surface area (Å²) in [6.07, 6.45) is 1.83. The van der Waals surface area contributed by atoms with Crippen LogP contribution in [0.5, 0.6) is 0 Å². The van der Waals surface area contributed by atoms with Crippen molar-refractivity contribution < 1.29 is 0 Å². The third-order valence-corrected chi connectivity index (χ3v) is 4.02. The highest BCUT2D eigenvalue weighted by Crippen LogP contribution is 2.22. The van der Waals surface area contributed by atoms with Gasteiger partial charge in [-0.2, -0.15) is 5.10 Å². The summed E-state index contributed by atoms with van der Waals surface area (Å²) in [5, 5.41) is 7.67. The van der Waals surface area contributed by atoms with Crippen LogP contribution in [0.2, 0.25) is 0 Å². The third kappa shape index (κ3) is 2.80. The second-order valence-corrected chi connectivity index (χ2v) is 5.37. The number of benzene rings is 1. The number of nitrogens with one attached hydrogen (secondary N) is 1. The molecule has 0 spiro atoms. The normalized spacial score (nSPS) is 12.5. The molecule has 0 aliphatic carbocycles. The van der Waals surface area contributed by atoms with Gasteiger partial charge in [-0.1, -0.05) is 6.07 Å². The molecule has 0 saturated heterocycles. The summed E-state index contributed by atoms with van der Waals surface area (Å²) in [5.74, 6) is 0. The van der Waals surface area contributed by atoms with Gasteiger partial charge in [0.15, 0.2) is 0 Å². The number of rotatable bonds is 3. The number of hydrogen-bond acceptors (Lipinski definition) is 2. The topological polar surface area (TPSA) is 29.9 Å². The fraction of sp³-hybridized carbons (Fsp3) is 0.308. The molecule has 1 atom stereocenters. The molecular formula is C13H16IN3. The van der Waals surface area contributed by atoms with E-state index in [1.54, 1.807) is 0 Å². The van der Waals surface area contributed by atoms with Crippen LogP contribution in [0.25, 0.3) is 0 Å². The molecule has 1 N–H and O–H groups in total. The zero-order chi connectivity index (χ0) is 12.4. The number of aryl methyl sites for hydroxylation is 2. The molecule has 2 rings (SSSR count). The predicted octanol–water partition coefficient (Wildman–Crippen LogP) is 3.51. The van der Waals surface area contributed by atoms with Gasteiger partial charge in [-0.25, -0.2) is 0 Å². The van der Waals surface area contributed by atoms with E-state index in [1.165, 1.54) is 14.8 Å². The molecule has 0 aliphatic heterocycles. The predicted molar refractivity (Wildman–Crippen MR) is 79.1 cm³/mol. The van der Waals surface area contributed by atoms with Crippen molar-refractivity contribution in [2.75, 3.05) is 5.32 Å². The second-order valence-electron chi connectivity index (χ2n) is 4.21. The quantitative estimate of drug-likeness (QED) is 0.866. The van der Waals surface area contributed by atoms with E-state index in [0.717, 1.165) is 5.69 Å². The van der Waals surface area contributed by atoms with E-state index < -0.39 is 0 Å². The molecular weight excluding hydrogens is 325 g/mol. The van der Waals surface area contributed by atoms with Crippen LogP contribution in [0.15, 0.2) is 30.5 Å². The van der Waals surface area contributed by atoms with Crippen LogP contribution in [0.1, 0.15) is 24.2 Å². The summed E-state index contributed by atoms with van der Waals surface area (Å²) in [7, 11) is 1.96. The summed E-state index contributed by atoms with van der Waals surface area (Å²) in [6, 6.07) is 8.71. The van der Waals surface area contributed by atoms with Crippen LogP contribution < -0.4 is 5.32 Å². The molecule has 4 heteroatoms. The van der Waals surface area contributed by atoms with Gasteiger partial charge in [-0.3, -0.25) is 4.68 Å². The lowest BCUT2D eigenvalue weighted by Gasteiger charge is -2.16. The maximum Gasteiger partial charge on any atom is 0.0653 e. The Hall–Kier alpha value is -1.04. The maximum atomic E-state index is 4.19. The van der Waals surface area contributed by atoms with Crippen LogP contribution in [0, 0.1) is 10.5 Å². The summed E-state index contributed by atoms with van der Waals surface area (Å²) >= 11 is 2.36. The van der Waals surface area contributed by atoms with Crippen molar-refractivity contribution >= 4 is 28.3 Å². The minimum Gasteiger partial charge on any atom is -0.377 e. The van der Waals surface area contributed by atoms with E-state index in [9.17, 15) is 0 Å². The monoisotopic (exact) mass is 341 g/mol. The number of nitrogens with zero attached hydrogens (tertiary/aromatic N) is 2. The first-order chi connectivity index (χ1) is 8.08. The van der Waals surface area contributed by atoms with Crippen LogP contribution >= 0.6 is 22.6 Å². The van der Waals surface area contributed by atoms with Gasteiger partial charge in [-0.15, -0.1) is 0 Å². The van der Waals surface area contributed by atoms with E-state index >= 15 is 0 Å². The fourth-order valence-corrected chi connectivity index (χ4v) is 2.33. The molecule has 0 aliphatic rings. The van der Waals surface area contributed by atoms with Crippen LogP contribution in [-0.4, -0.2) is 9.78 Å². The lowest BCUT2D eigenvalue weighted by molar-refractivity contribution is 0.676.